The Morgan fingerprint density at radius 1 is 1.29 bits per heavy atom. The van der Waals surface area contributed by atoms with E-state index in [1.807, 2.05) is 0 Å². The van der Waals surface area contributed by atoms with Crippen LogP contribution in [-0.2, 0) is 12.7 Å². The molecular weight excluding hydrogens is 307 g/mol. The second-order valence-electron chi connectivity index (χ2n) is 4.10. The van der Waals surface area contributed by atoms with Crippen LogP contribution < -0.4 is 10.1 Å². The molecule has 0 spiro atoms. The van der Waals surface area contributed by atoms with E-state index >= 15 is 0 Å². The van der Waals surface area contributed by atoms with Gasteiger partial charge in [-0.15, -0.1) is 0 Å². The highest BCUT2D eigenvalue weighted by atomic mass is 35.5. The molecule has 21 heavy (non-hydrogen) atoms. The van der Waals surface area contributed by atoms with Gasteiger partial charge in [0.05, 0.1) is 12.7 Å². The summed E-state index contributed by atoms with van der Waals surface area (Å²) in [7, 11) is 1.40. The molecule has 8 heteroatoms. The first kappa shape index (κ1) is 15.4. The minimum atomic E-state index is -4.37. The Morgan fingerprint density at radius 2 is 2.05 bits per heavy atom. The van der Waals surface area contributed by atoms with Crippen molar-refractivity contribution in [1.82, 2.24) is 9.97 Å². The topological polar surface area (TPSA) is 47.0 Å². The summed E-state index contributed by atoms with van der Waals surface area (Å²) in [5, 5.41) is 3.00. The predicted molar refractivity (Wildman–Crippen MR) is 72.4 cm³/mol. The van der Waals surface area contributed by atoms with Crippen molar-refractivity contribution in [2.75, 3.05) is 12.4 Å². The molecule has 1 N–H and O–H groups in total. The molecule has 0 aliphatic rings. The summed E-state index contributed by atoms with van der Waals surface area (Å²) in [5.41, 5.74) is -0.240. The molecule has 0 radical (unpaired) electrons. The summed E-state index contributed by atoms with van der Waals surface area (Å²) < 4.78 is 42.9. The number of rotatable bonds is 4. The van der Waals surface area contributed by atoms with Crippen molar-refractivity contribution < 1.29 is 17.9 Å². The molecule has 0 saturated heterocycles. The number of aromatic nitrogens is 2. The van der Waals surface area contributed by atoms with Crippen LogP contribution >= 0.6 is 11.6 Å². The smallest absolute Gasteiger partial charge is 0.416 e. The first-order chi connectivity index (χ1) is 9.91. The number of hydrogen-bond donors (Lipinski definition) is 1. The lowest BCUT2D eigenvalue weighted by Gasteiger charge is -2.12. The Labute approximate surface area is 123 Å². The van der Waals surface area contributed by atoms with Gasteiger partial charge in [0.1, 0.15) is 6.33 Å². The van der Waals surface area contributed by atoms with Crippen molar-refractivity contribution >= 4 is 17.4 Å². The second-order valence-corrected chi connectivity index (χ2v) is 4.46. The Balaban J connectivity index is 2.16. The fraction of sp³-hybridized carbons (Fsp3) is 0.231. The summed E-state index contributed by atoms with van der Waals surface area (Å²) in [5.74, 6) is 0.557. The van der Waals surface area contributed by atoms with Crippen LogP contribution in [0.1, 0.15) is 11.1 Å². The molecule has 0 unspecified atom stereocenters. The van der Waals surface area contributed by atoms with Gasteiger partial charge in [0, 0.05) is 6.54 Å². The normalized spacial score (nSPS) is 11.3. The molecule has 4 nitrogen and oxygen atoms in total. The average molecular weight is 318 g/mol. The minimum absolute atomic E-state index is 0.124. The van der Waals surface area contributed by atoms with Crippen LogP contribution in [0, 0.1) is 0 Å². The van der Waals surface area contributed by atoms with E-state index in [0.29, 0.717) is 11.4 Å². The molecule has 0 atom stereocenters. The molecule has 1 aromatic heterocycles. The first-order valence-corrected chi connectivity index (χ1v) is 6.24. The zero-order chi connectivity index (χ0) is 15.5. The third kappa shape index (κ3) is 3.75. The van der Waals surface area contributed by atoms with Crippen molar-refractivity contribution in [1.29, 1.82) is 0 Å². The van der Waals surface area contributed by atoms with Crippen LogP contribution in [0.5, 0.6) is 5.75 Å². The number of methoxy groups -OCH3 is 1. The lowest BCUT2D eigenvalue weighted by molar-refractivity contribution is -0.137. The van der Waals surface area contributed by atoms with Gasteiger partial charge >= 0.3 is 6.18 Å². The number of anilines is 1. The van der Waals surface area contributed by atoms with Crippen molar-refractivity contribution in [3.63, 3.8) is 0 Å². The van der Waals surface area contributed by atoms with E-state index in [1.54, 1.807) is 6.07 Å². The summed E-state index contributed by atoms with van der Waals surface area (Å²) in [6.07, 6.45) is -3.13. The molecule has 1 aromatic carbocycles. The summed E-state index contributed by atoms with van der Waals surface area (Å²) in [6, 6.07) is 5.02. The van der Waals surface area contributed by atoms with Crippen LogP contribution in [0.4, 0.5) is 19.0 Å². The third-order valence-corrected chi connectivity index (χ3v) is 2.95. The average Bonchev–Trinajstić information content (AvgIpc) is 2.44. The number of nitrogens with zero attached hydrogens (tertiary/aromatic N) is 2. The van der Waals surface area contributed by atoms with Gasteiger partial charge in [-0.2, -0.15) is 13.2 Å². The number of ether oxygens (including phenoxy) is 1. The third-order valence-electron chi connectivity index (χ3n) is 2.68. The molecule has 2 rings (SSSR count). The van der Waals surface area contributed by atoms with E-state index in [4.69, 9.17) is 16.3 Å². The monoisotopic (exact) mass is 317 g/mol. The molecule has 1 heterocycles. The van der Waals surface area contributed by atoms with Gasteiger partial charge in [-0.3, -0.25) is 0 Å². The van der Waals surface area contributed by atoms with E-state index in [9.17, 15) is 13.2 Å². The lowest BCUT2D eigenvalue weighted by atomic mass is 10.1. The van der Waals surface area contributed by atoms with Gasteiger partial charge < -0.3 is 10.1 Å². The first-order valence-electron chi connectivity index (χ1n) is 5.86. The Kier molecular flexibility index (Phi) is 4.52. The van der Waals surface area contributed by atoms with Crippen molar-refractivity contribution in [2.45, 2.75) is 12.7 Å². The number of hydrogen-bond acceptors (Lipinski definition) is 4. The van der Waals surface area contributed by atoms with E-state index in [0.717, 1.165) is 12.1 Å². The summed E-state index contributed by atoms with van der Waals surface area (Å²) in [6.45, 7) is 0.146. The zero-order valence-corrected chi connectivity index (χ0v) is 11.7. The van der Waals surface area contributed by atoms with Crippen molar-refractivity contribution in [3.05, 3.63) is 46.9 Å². The van der Waals surface area contributed by atoms with Crippen LogP contribution in [0.2, 0.25) is 5.15 Å². The SMILES string of the molecule is COc1c(Cl)ncnc1NCc1cccc(C(F)(F)F)c1. The molecular formula is C13H11ClF3N3O. The quantitative estimate of drug-likeness (QED) is 0.872. The van der Waals surface area contributed by atoms with Gasteiger partial charge in [-0.25, -0.2) is 9.97 Å². The fourth-order valence-electron chi connectivity index (χ4n) is 1.70. The van der Waals surface area contributed by atoms with Gasteiger partial charge in [0.2, 0.25) is 0 Å². The number of nitrogens with one attached hydrogen (secondary N) is 1. The fourth-order valence-corrected chi connectivity index (χ4v) is 1.91. The highest BCUT2D eigenvalue weighted by Gasteiger charge is 2.30. The maximum atomic E-state index is 12.6. The zero-order valence-electron chi connectivity index (χ0n) is 10.9. The van der Waals surface area contributed by atoms with Crippen LogP contribution in [0.3, 0.4) is 0 Å². The Bertz CT molecular complexity index is 634. The maximum absolute atomic E-state index is 12.6. The molecule has 0 fully saturated rings. The highest BCUT2D eigenvalue weighted by molar-refractivity contribution is 6.31. The van der Waals surface area contributed by atoms with Gasteiger partial charge in [-0.1, -0.05) is 23.7 Å². The van der Waals surface area contributed by atoms with Crippen LogP contribution in [0.25, 0.3) is 0 Å². The van der Waals surface area contributed by atoms with E-state index < -0.39 is 11.7 Å². The second kappa shape index (κ2) is 6.17. The van der Waals surface area contributed by atoms with Gasteiger partial charge in [0.15, 0.2) is 16.7 Å². The van der Waals surface area contributed by atoms with E-state index in [-0.39, 0.29) is 17.4 Å². The van der Waals surface area contributed by atoms with Crippen molar-refractivity contribution in [2.24, 2.45) is 0 Å². The Hall–Kier alpha value is -2.02. The molecule has 0 amide bonds. The highest BCUT2D eigenvalue weighted by Crippen LogP contribution is 2.31. The number of halogens is 4. The maximum Gasteiger partial charge on any atom is 0.416 e. The van der Waals surface area contributed by atoms with Gasteiger partial charge in [0.25, 0.3) is 0 Å². The molecule has 0 saturated carbocycles. The number of alkyl halides is 3. The van der Waals surface area contributed by atoms with Crippen LogP contribution in [-0.4, -0.2) is 17.1 Å². The largest absolute Gasteiger partial charge is 0.490 e. The molecule has 112 valence electrons. The van der Waals surface area contributed by atoms with E-state index in [1.165, 1.54) is 19.5 Å². The number of benzene rings is 1. The molecule has 0 aliphatic heterocycles. The summed E-state index contributed by atoms with van der Waals surface area (Å²) in [4.78, 5) is 7.70. The predicted octanol–water partition coefficient (Wildman–Crippen LogP) is 3.77. The molecule has 0 bridgehead atoms. The molecule has 2 aromatic rings. The van der Waals surface area contributed by atoms with E-state index in [2.05, 4.69) is 15.3 Å². The van der Waals surface area contributed by atoms with Gasteiger partial charge in [-0.05, 0) is 17.7 Å². The lowest BCUT2D eigenvalue weighted by Crippen LogP contribution is -2.08. The standard InChI is InChI=1S/C13H11ClF3N3O/c1-21-10-11(14)19-7-20-12(10)18-6-8-3-2-4-9(5-8)13(15,16)17/h2-5,7H,6H2,1H3,(H,18,19,20). The van der Waals surface area contributed by atoms with Crippen LogP contribution in [0.15, 0.2) is 30.6 Å². The minimum Gasteiger partial charge on any atom is -0.490 e. The molecule has 0 aliphatic carbocycles. The Morgan fingerprint density at radius 3 is 2.71 bits per heavy atom. The summed E-state index contributed by atoms with van der Waals surface area (Å²) >= 11 is 5.83. The van der Waals surface area contributed by atoms with Crippen molar-refractivity contribution in [3.8, 4) is 5.75 Å².